The number of hydrogen-bond donors (Lipinski definition) is 1. The lowest BCUT2D eigenvalue weighted by Gasteiger charge is -2.34. The van der Waals surface area contributed by atoms with E-state index < -0.39 is 0 Å². The van der Waals surface area contributed by atoms with Gasteiger partial charge < -0.3 is 9.73 Å². The fourth-order valence-electron chi connectivity index (χ4n) is 3.69. The molecule has 3 aromatic heterocycles. The molecule has 1 aliphatic rings. The molecular weight excluding hydrogens is 344 g/mol. The van der Waals surface area contributed by atoms with Crippen LogP contribution in [0.15, 0.2) is 41.1 Å². The Morgan fingerprint density at radius 1 is 1.41 bits per heavy atom. The number of amides is 1. The van der Waals surface area contributed by atoms with Gasteiger partial charge in [0.05, 0.1) is 29.4 Å². The molecule has 4 heterocycles. The van der Waals surface area contributed by atoms with Crippen molar-refractivity contribution in [3.8, 4) is 0 Å². The molecule has 0 fully saturated rings. The maximum atomic E-state index is 12.0. The number of carbonyl (C=O) groups is 1. The number of carbonyl (C=O) groups excluding carboxylic acids is 1. The average molecular weight is 368 g/mol. The van der Waals surface area contributed by atoms with Gasteiger partial charge in [0.1, 0.15) is 0 Å². The number of rotatable bonds is 6. The summed E-state index contributed by atoms with van der Waals surface area (Å²) < 4.78 is 9.16. The first-order valence-corrected chi connectivity index (χ1v) is 9.16. The summed E-state index contributed by atoms with van der Waals surface area (Å²) in [4.78, 5) is 14.5. The number of aromatic nitrogens is 4. The summed E-state index contributed by atoms with van der Waals surface area (Å²) in [6, 6.07) is 7.79. The van der Waals surface area contributed by atoms with Crippen molar-refractivity contribution >= 4 is 5.91 Å². The summed E-state index contributed by atoms with van der Waals surface area (Å²) in [5.41, 5.74) is 3.43. The molecule has 0 unspecified atom stereocenters. The topological polar surface area (TPSA) is 81.1 Å². The second kappa shape index (κ2) is 7.40. The number of hydrogen-bond acceptors (Lipinski definition) is 5. The molecule has 4 rings (SSSR count). The Labute approximate surface area is 157 Å². The van der Waals surface area contributed by atoms with Crippen LogP contribution in [0, 0.1) is 6.92 Å². The van der Waals surface area contributed by atoms with E-state index in [-0.39, 0.29) is 11.9 Å². The van der Waals surface area contributed by atoms with Crippen LogP contribution in [-0.2, 0) is 20.1 Å². The zero-order valence-electron chi connectivity index (χ0n) is 15.6. The van der Waals surface area contributed by atoms with Gasteiger partial charge >= 0.3 is 0 Å². The first-order valence-electron chi connectivity index (χ1n) is 9.16. The Morgan fingerprint density at radius 2 is 2.30 bits per heavy atom. The SMILES string of the molecule is Cc1cc(CN2Cc3ccnn3[C@H](CCNC(=O)c3ccco3)C2)n(C)n1. The number of furan rings is 1. The highest BCUT2D eigenvalue weighted by atomic mass is 16.3. The summed E-state index contributed by atoms with van der Waals surface area (Å²) in [5.74, 6) is 0.158. The smallest absolute Gasteiger partial charge is 0.286 e. The largest absolute Gasteiger partial charge is 0.459 e. The van der Waals surface area contributed by atoms with Gasteiger partial charge in [-0.2, -0.15) is 10.2 Å². The normalized spacial score (nSPS) is 17.0. The highest BCUT2D eigenvalue weighted by Gasteiger charge is 2.26. The zero-order valence-corrected chi connectivity index (χ0v) is 15.6. The van der Waals surface area contributed by atoms with Crippen molar-refractivity contribution in [1.82, 2.24) is 29.8 Å². The molecule has 1 amide bonds. The first-order chi connectivity index (χ1) is 13.1. The highest BCUT2D eigenvalue weighted by Crippen LogP contribution is 2.24. The predicted molar refractivity (Wildman–Crippen MR) is 99.0 cm³/mol. The van der Waals surface area contributed by atoms with Gasteiger partial charge in [0.15, 0.2) is 5.76 Å². The highest BCUT2D eigenvalue weighted by molar-refractivity contribution is 5.91. The van der Waals surface area contributed by atoms with E-state index in [0.29, 0.717) is 12.3 Å². The van der Waals surface area contributed by atoms with Crippen molar-refractivity contribution < 1.29 is 9.21 Å². The van der Waals surface area contributed by atoms with Gasteiger partial charge in [-0.05, 0) is 37.6 Å². The maximum absolute atomic E-state index is 12.0. The Hall–Kier alpha value is -2.87. The second-order valence-electron chi connectivity index (χ2n) is 7.01. The lowest BCUT2D eigenvalue weighted by atomic mass is 10.1. The van der Waals surface area contributed by atoms with Crippen LogP contribution in [0.4, 0.5) is 0 Å². The summed E-state index contributed by atoms with van der Waals surface area (Å²) >= 11 is 0. The van der Waals surface area contributed by atoms with Crippen LogP contribution in [0.2, 0.25) is 0 Å². The van der Waals surface area contributed by atoms with Crippen LogP contribution in [0.1, 0.15) is 40.1 Å². The lowest BCUT2D eigenvalue weighted by Crippen LogP contribution is -2.39. The van der Waals surface area contributed by atoms with Crippen LogP contribution in [-0.4, -0.2) is 43.5 Å². The predicted octanol–water partition coefficient (Wildman–Crippen LogP) is 1.90. The van der Waals surface area contributed by atoms with Crippen LogP contribution >= 0.6 is 0 Å². The first kappa shape index (κ1) is 17.5. The Balaban J connectivity index is 1.39. The van der Waals surface area contributed by atoms with E-state index in [1.807, 2.05) is 24.9 Å². The van der Waals surface area contributed by atoms with Crippen LogP contribution in [0.3, 0.4) is 0 Å². The van der Waals surface area contributed by atoms with Gasteiger partial charge in [-0.15, -0.1) is 0 Å². The van der Waals surface area contributed by atoms with Gasteiger partial charge in [-0.3, -0.25) is 19.1 Å². The molecule has 0 spiro atoms. The average Bonchev–Trinajstić information content (AvgIpc) is 3.37. The summed E-state index contributed by atoms with van der Waals surface area (Å²) in [6.07, 6.45) is 4.16. The number of nitrogens with zero attached hydrogens (tertiary/aromatic N) is 5. The molecule has 0 aromatic carbocycles. The molecule has 0 radical (unpaired) electrons. The Kier molecular flexibility index (Phi) is 4.81. The molecule has 0 saturated heterocycles. The molecule has 1 atom stereocenters. The van der Waals surface area contributed by atoms with Crippen LogP contribution in [0.25, 0.3) is 0 Å². The molecule has 0 saturated carbocycles. The molecule has 8 heteroatoms. The van der Waals surface area contributed by atoms with Crippen molar-refractivity contribution in [1.29, 1.82) is 0 Å². The molecule has 142 valence electrons. The molecule has 1 aliphatic heterocycles. The number of fused-ring (bicyclic) bond motifs is 1. The van der Waals surface area contributed by atoms with E-state index in [4.69, 9.17) is 4.42 Å². The fraction of sp³-hybridized carbons (Fsp3) is 0.421. The van der Waals surface area contributed by atoms with Crippen LogP contribution in [0.5, 0.6) is 0 Å². The van der Waals surface area contributed by atoms with Gasteiger partial charge in [-0.25, -0.2) is 0 Å². The van der Waals surface area contributed by atoms with Gasteiger partial charge in [-0.1, -0.05) is 0 Å². The quantitative estimate of drug-likeness (QED) is 0.719. The van der Waals surface area contributed by atoms with E-state index in [1.165, 1.54) is 17.7 Å². The molecule has 0 bridgehead atoms. The third kappa shape index (κ3) is 3.80. The van der Waals surface area contributed by atoms with E-state index in [2.05, 4.69) is 37.2 Å². The Morgan fingerprint density at radius 3 is 3.04 bits per heavy atom. The Bertz CT molecular complexity index is 911. The van der Waals surface area contributed by atoms with Crippen molar-refractivity contribution in [3.63, 3.8) is 0 Å². The molecule has 27 heavy (non-hydrogen) atoms. The minimum atomic E-state index is -0.182. The molecular formula is C19H24N6O2. The molecule has 1 N–H and O–H groups in total. The lowest BCUT2D eigenvalue weighted by molar-refractivity contribution is 0.0919. The van der Waals surface area contributed by atoms with Gasteiger partial charge in [0.25, 0.3) is 5.91 Å². The maximum Gasteiger partial charge on any atom is 0.286 e. The van der Waals surface area contributed by atoms with E-state index in [0.717, 1.165) is 31.7 Å². The molecule has 3 aromatic rings. The third-order valence-electron chi connectivity index (χ3n) is 4.95. The van der Waals surface area contributed by atoms with E-state index in [1.54, 1.807) is 12.1 Å². The minimum Gasteiger partial charge on any atom is -0.459 e. The van der Waals surface area contributed by atoms with Gasteiger partial charge in [0.2, 0.25) is 0 Å². The van der Waals surface area contributed by atoms with Crippen molar-refractivity contribution in [2.75, 3.05) is 13.1 Å². The third-order valence-corrected chi connectivity index (χ3v) is 4.95. The summed E-state index contributed by atoms with van der Waals surface area (Å²) in [7, 11) is 1.98. The van der Waals surface area contributed by atoms with E-state index in [9.17, 15) is 4.79 Å². The van der Waals surface area contributed by atoms with E-state index >= 15 is 0 Å². The van der Waals surface area contributed by atoms with Gasteiger partial charge in [0, 0.05) is 39.4 Å². The second-order valence-corrected chi connectivity index (χ2v) is 7.01. The summed E-state index contributed by atoms with van der Waals surface area (Å²) in [6.45, 7) is 5.17. The number of nitrogens with one attached hydrogen (secondary N) is 1. The number of aryl methyl sites for hydroxylation is 2. The summed E-state index contributed by atoms with van der Waals surface area (Å²) in [5, 5.41) is 11.9. The fourth-order valence-corrected chi connectivity index (χ4v) is 3.69. The zero-order chi connectivity index (χ0) is 18.8. The van der Waals surface area contributed by atoms with Crippen molar-refractivity contribution in [2.24, 2.45) is 7.05 Å². The van der Waals surface area contributed by atoms with Crippen molar-refractivity contribution in [2.45, 2.75) is 32.5 Å². The molecule has 0 aliphatic carbocycles. The van der Waals surface area contributed by atoms with Crippen molar-refractivity contribution in [3.05, 3.63) is 59.6 Å². The molecule has 8 nitrogen and oxygen atoms in total. The standard InChI is InChI=1S/C19H24N6O2/c1-14-10-17(23(2)22-14)13-24-11-15(25-16(12-24)6-8-21-25)5-7-20-19(26)18-4-3-9-27-18/h3-4,6,8-10,15H,5,7,11-13H2,1-2H3,(H,20,26)/t15-/m1/s1. The monoisotopic (exact) mass is 368 g/mol. The van der Waals surface area contributed by atoms with Crippen LogP contribution < -0.4 is 5.32 Å². The minimum absolute atomic E-state index is 0.182.